The Labute approximate surface area is 236 Å². The second kappa shape index (κ2) is 11.9. The summed E-state index contributed by atoms with van der Waals surface area (Å²) in [5.41, 5.74) is 8.92. The fraction of sp³-hybridized carbons (Fsp3) is 0.364. The maximum absolute atomic E-state index is 13.0. The van der Waals surface area contributed by atoms with Gasteiger partial charge in [-0.3, -0.25) is 23.6 Å². The lowest BCUT2D eigenvalue weighted by molar-refractivity contribution is -0.696. The van der Waals surface area contributed by atoms with Gasteiger partial charge in [0.2, 0.25) is 0 Å². The van der Waals surface area contributed by atoms with Crippen molar-refractivity contribution in [3.05, 3.63) is 51.9 Å². The summed E-state index contributed by atoms with van der Waals surface area (Å²) in [5.74, 6) is -1.86. The van der Waals surface area contributed by atoms with Crippen LogP contribution in [0.5, 0.6) is 0 Å². The Balaban J connectivity index is 0.000000681. The topological polar surface area (TPSA) is 226 Å². The number of carbonyl (C=O) groups is 3. The molecule has 4 heterocycles. The first-order valence-electron chi connectivity index (χ1n) is 11.6. The summed E-state index contributed by atoms with van der Waals surface area (Å²) in [6.07, 6.45) is 5.01. The highest BCUT2D eigenvalue weighted by molar-refractivity contribution is 8.00. The average Bonchev–Trinajstić information content (AvgIpc) is 3.53. The van der Waals surface area contributed by atoms with Crippen LogP contribution in [0.1, 0.15) is 23.4 Å². The number of aryl methyl sites for hydroxylation is 1. The molecular weight excluding hydrogens is 588 g/mol. The zero-order chi connectivity index (χ0) is 29.2. The van der Waals surface area contributed by atoms with E-state index in [1.807, 2.05) is 12.3 Å². The van der Waals surface area contributed by atoms with E-state index >= 15 is 0 Å². The molecule has 6 N–H and O–H groups in total. The molecule has 0 aromatic carbocycles. The van der Waals surface area contributed by atoms with Crippen molar-refractivity contribution < 1.29 is 46.4 Å². The van der Waals surface area contributed by atoms with E-state index in [1.165, 1.54) is 35.0 Å². The smallest absolute Gasteiger partial charge is 0.394 e. The number of aromatic nitrogens is 2. The van der Waals surface area contributed by atoms with Crippen LogP contribution in [0.15, 0.2) is 40.1 Å². The fourth-order valence-corrected chi connectivity index (χ4v) is 6.56. The van der Waals surface area contributed by atoms with Crippen LogP contribution in [0.3, 0.4) is 0 Å². The second-order valence-electron chi connectivity index (χ2n) is 8.72. The van der Waals surface area contributed by atoms with Crippen LogP contribution in [0.25, 0.3) is 0 Å². The van der Waals surface area contributed by atoms with Gasteiger partial charge in [0.1, 0.15) is 29.9 Å². The number of pyridine rings is 1. The number of amides is 2. The lowest BCUT2D eigenvalue weighted by atomic mass is 10.0. The number of anilines is 1. The fourth-order valence-electron chi connectivity index (χ4n) is 4.67. The Morgan fingerprint density at radius 2 is 2.08 bits per heavy atom. The van der Waals surface area contributed by atoms with Crippen molar-refractivity contribution in [2.75, 3.05) is 18.6 Å². The highest BCUT2D eigenvalue weighted by Gasteiger charge is 2.55. The first-order valence-corrected chi connectivity index (χ1v) is 14.9. The lowest BCUT2D eigenvalue weighted by Crippen LogP contribution is -2.71. The number of hydrogen-bond donors (Lipinski definition) is 5. The Morgan fingerprint density at radius 1 is 1.35 bits per heavy atom. The number of carboxylic acid groups (broad SMARTS) is 1. The second-order valence-corrected chi connectivity index (χ2v) is 11.6. The van der Waals surface area contributed by atoms with Crippen LogP contribution in [-0.2, 0) is 49.0 Å². The van der Waals surface area contributed by atoms with Gasteiger partial charge in [0, 0.05) is 34.8 Å². The van der Waals surface area contributed by atoms with Crippen molar-refractivity contribution in [2.45, 2.75) is 37.2 Å². The third-order valence-electron chi connectivity index (χ3n) is 6.20. The molecule has 0 bridgehead atoms. The Hall–Kier alpha value is -3.58. The molecule has 1 fully saturated rings. The number of β-lactam (4-membered cyclic amide) rings is 1. The molecule has 18 heteroatoms. The van der Waals surface area contributed by atoms with Crippen LogP contribution in [0, 0.1) is 0 Å². The summed E-state index contributed by atoms with van der Waals surface area (Å²) in [5, 5.41) is 17.7. The lowest BCUT2D eigenvalue weighted by Gasteiger charge is -2.49. The summed E-state index contributed by atoms with van der Waals surface area (Å²) >= 11 is 2.57. The summed E-state index contributed by atoms with van der Waals surface area (Å²) in [6, 6.07) is 3.18. The maximum Gasteiger partial charge on any atom is 0.394 e. The SMILES string of the molecule is CO/N=C(/C(=O)N[C@@H]1C(=O)N2C(C(=O)O)=C(C[n+]3cccc4c3CCC4)CS[C@H]12)c1csc(N)n1.O=S(=O)(O)O. The molecular formula is C22H25N6O9S3+. The minimum atomic E-state index is -4.67. The van der Waals surface area contributed by atoms with Crippen LogP contribution in [-0.4, -0.2) is 80.3 Å². The van der Waals surface area contributed by atoms with Crippen molar-refractivity contribution in [3.8, 4) is 0 Å². The van der Waals surface area contributed by atoms with Crippen LogP contribution in [0.4, 0.5) is 5.13 Å². The van der Waals surface area contributed by atoms with Gasteiger partial charge in [0.15, 0.2) is 29.3 Å². The third-order valence-corrected chi connectivity index (χ3v) is 8.21. The molecule has 1 saturated heterocycles. The predicted octanol–water partition coefficient (Wildman–Crippen LogP) is -0.362. The van der Waals surface area contributed by atoms with E-state index < -0.39 is 39.6 Å². The number of oxime groups is 1. The number of hydrogen-bond acceptors (Lipinski definition) is 11. The van der Waals surface area contributed by atoms with Crippen molar-refractivity contribution in [2.24, 2.45) is 5.16 Å². The Bertz CT molecular complexity index is 1510. The minimum Gasteiger partial charge on any atom is -0.477 e. The molecule has 1 aliphatic carbocycles. The van der Waals surface area contributed by atoms with Crippen LogP contribution >= 0.6 is 23.1 Å². The molecule has 15 nitrogen and oxygen atoms in total. The van der Waals surface area contributed by atoms with E-state index in [4.69, 9.17) is 28.1 Å². The molecule has 2 aromatic heterocycles. The standard InChI is InChI=1S/C22H22N6O5S2.H2O4S/c1-33-26-15(13-10-35-22(23)24-13)18(29)25-16-19(30)28-17(21(31)32)12(9-34-20(16)28)8-27-7-3-5-11-4-2-6-14(11)27;1-5(2,3)4/h3,5,7,10,16,20H,2,4,6,8-9H2,1H3,(H3-,23,24,25,29,31,32);(H2,1,2,3,4)/p+1/b26-15+;/t16-,20-;/m1./s1. The molecule has 0 spiro atoms. The number of nitrogens with zero attached hydrogens (tertiary/aromatic N) is 4. The quantitative estimate of drug-likeness (QED) is 0.0887. The van der Waals surface area contributed by atoms with E-state index in [2.05, 4.69) is 26.1 Å². The zero-order valence-corrected chi connectivity index (χ0v) is 23.3. The maximum atomic E-state index is 13.0. The number of thiazole rings is 1. The van der Waals surface area contributed by atoms with Crippen molar-refractivity contribution in [1.82, 2.24) is 15.2 Å². The van der Waals surface area contributed by atoms with E-state index in [9.17, 15) is 19.5 Å². The number of carboxylic acids is 1. The summed E-state index contributed by atoms with van der Waals surface area (Å²) < 4.78 is 33.7. The van der Waals surface area contributed by atoms with E-state index in [1.54, 1.807) is 5.38 Å². The highest BCUT2D eigenvalue weighted by Crippen LogP contribution is 2.40. The van der Waals surface area contributed by atoms with Crippen molar-refractivity contribution in [3.63, 3.8) is 0 Å². The average molecular weight is 614 g/mol. The first-order chi connectivity index (χ1) is 18.9. The van der Waals surface area contributed by atoms with Crippen LogP contribution < -0.4 is 15.6 Å². The van der Waals surface area contributed by atoms with Gasteiger partial charge in [0.25, 0.3) is 11.8 Å². The molecule has 3 aliphatic rings. The number of nitrogens with one attached hydrogen (secondary N) is 1. The van der Waals surface area contributed by atoms with Crippen LogP contribution in [0.2, 0.25) is 0 Å². The molecule has 2 aromatic rings. The van der Waals surface area contributed by atoms with Gasteiger partial charge < -0.3 is 21.0 Å². The molecule has 0 radical (unpaired) electrons. The van der Waals surface area contributed by atoms with Gasteiger partial charge in [-0.15, -0.1) is 23.1 Å². The number of carbonyl (C=O) groups excluding carboxylic acids is 2. The number of aliphatic carboxylic acids is 1. The zero-order valence-electron chi connectivity index (χ0n) is 20.9. The van der Waals surface area contributed by atoms with E-state index in [0.717, 1.165) is 30.6 Å². The van der Waals surface area contributed by atoms with Gasteiger partial charge in [-0.2, -0.15) is 13.0 Å². The molecule has 2 aliphatic heterocycles. The number of fused-ring (bicyclic) bond motifs is 2. The van der Waals surface area contributed by atoms with Gasteiger partial charge in [0.05, 0.1) is 0 Å². The van der Waals surface area contributed by atoms with Crippen molar-refractivity contribution >= 4 is 62.1 Å². The Kier molecular flexibility index (Phi) is 8.74. The molecule has 40 heavy (non-hydrogen) atoms. The normalized spacial score (nSPS) is 20.1. The third kappa shape index (κ3) is 6.41. The van der Waals surface area contributed by atoms with Crippen molar-refractivity contribution in [1.29, 1.82) is 0 Å². The van der Waals surface area contributed by atoms with Gasteiger partial charge >= 0.3 is 16.4 Å². The Morgan fingerprint density at radius 3 is 2.70 bits per heavy atom. The van der Waals surface area contributed by atoms with E-state index in [-0.39, 0.29) is 22.2 Å². The van der Waals surface area contributed by atoms with Gasteiger partial charge in [-0.1, -0.05) is 5.16 Å². The molecule has 2 amide bonds. The molecule has 2 atom stereocenters. The molecule has 0 saturated carbocycles. The molecule has 214 valence electrons. The predicted molar refractivity (Wildman–Crippen MR) is 143 cm³/mol. The number of rotatable bonds is 7. The summed E-state index contributed by atoms with van der Waals surface area (Å²) in [7, 11) is -3.37. The highest BCUT2D eigenvalue weighted by atomic mass is 32.3. The molecule has 5 rings (SSSR count). The monoisotopic (exact) mass is 613 g/mol. The summed E-state index contributed by atoms with van der Waals surface area (Å²) in [6.45, 7) is 0.404. The minimum absolute atomic E-state index is 0.00888. The molecule has 0 unspecified atom stereocenters. The van der Waals surface area contributed by atoms with Gasteiger partial charge in [-0.25, -0.2) is 9.78 Å². The van der Waals surface area contributed by atoms with Gasteiger partial charge in [-0.05, 0) is 18.9 Å². The first kappa shape index (κ1) is 29.4. The number of thioether (sulfide) groups is 1. The number of nitrogens with two attached hydrogens (primary N) is 1. The summed E-state index contributed by atoms with van der Waals surface area (Å²) in [4.78, 5) is 48.2. The number of nitrogen functional groups attached to an aromatic ring is 1. The largest absolute Gasteiger partial charge is 0.477 e. The van der Waals surface area contributed by atoms with E-state index in [0.29, 0.717) is 17.9 Å².